The second kappa shape index (κ2) is 7.66. The highest BCUT2D eigenvalue weighted by Crippen LogP contribution is 2.24. The minimum Gasteiger partial charge on any atom is -0.488 e. The summed E-state index contributed by atoms with van der Waals surface area (Å²) in [5.74, 6) is -1.44. The lowest BCUT2D eigenvalue weighted by Crippen LogP contribution is -2.31. The van der Waals surface area contributed by atoms with Gasteiger partial charge in [0, 0.05) is 36.7 Å². The van der Waals surface area contributed by atoms with Crippen molar-refractivity contribution in [2.45, 2.75) is 26.4 Å². The number of aromatic nitrogens is 2. The van der Waals surface area contributed by atoms with Gasteiger partial charge in [-0.1, -0.05) is 12.1 Å². The van der Waals surface area contributed by atoms with E-state index in [1.165, 1.54) is 5.56 Å². The zero-order valence-corrected chi connectivity index (χ0v) is 16.2. The molecule has 1 aromatic heterocycles. The molecule has 1 aliphatic heterocycles. The van der Waals surface area contributed by atoms with Crippen molar-refractivity contribution in [2.75, 3.05) is 13.1 Å². The third-order valence-electron chi connectivity index (χ3n) is 5.18. The monoisotopic (exact) mass is 397 g/mol. The van der Waals surface area contributed by atoms with E-state index in [1.54, 1.807) is 11.0 Å². The Labute approximate surface area is 167 Å². The normalized spacial score (nSPS) is 16.3. The molecule has 4 rings (SSSR count). The van der Waals surface area contributed by atoms with Crippen molar-refractivity contribution in [1.82, 2.24) is 15.1 Å². The van der Waals surface area contributed by atoms with E-state index in [-0.39, 0.29) is 17.8 Å². The number of amides is 1. The summed E-state index contributed by atoms with van der Waals surface area (Å²) in [6, 6.07) is 10.8. The zero-order chi connectivity index (χ0) is 20.5. The molecule has 2 heterocycles. The van der Waals surface area contributed by atoms with Crippen LogP contribution in [0.15, 0.2) is 42.5 Å². The highest BCUT2D eigenvalue weighted by Gasteiger charge is 2.29. The summed E-state index contributed by atoms with van der Waals surface area (Å²) < 4.78 is 32.3. The predicted octanol–water partition coefficient (Wildman–Crippen LogP) is 4.27. The number of ether oxygens (including phenoxy) is 1. The fourth-order valence-electron chi connectivity index (χ4n) is 3.45. The maximum Gasteiger partial charge on any atom is 0.272 e. The Hall–Kier alpha value is -3.22. The molecule has 1 fully saturated rings. The Bertz CT molecular complexity index is 1040. The molecule has 1 unspecified atom stereocenters. The van der Waals surface area contributed by atoms with Crippen LogP contribution in [0.1, 0.15) is 28.0 Å². The fraction of sp³-hybridized carbons (Fsp3) is 0.273. The van der Waals surface area contributed by atoms with Gasteiger partial charge >= 0.3 is 0 Å². The number of hydrogen-bond acceptors (Lipinski definition) is 3. The van der Waals surface area contributed by atoms with Crippen LogP contribution in [-0.4, -0.2) is 40.2 Å². The van der Waals surface area contributed by atoms with Crippen LogP contribution in [0.5, 0.6) is 5.75 Å². The highest BCUT2D eigenvalue weighted by atomic mass is 19.1. The maximum absolute atomic E-state index is 13.3. The van der Waals surface area contributed by atoms with Crippen LogP contribution in [-0.2, 0) is 0 Å². The Morgan fingerprint density at radius 2 is 1.86 bits per heavy atom. The van der Waals surface area contributed by atoms with Gasteiger partial charge < -0.3 is 9.64 Å². The second-order valence-corrected chi connectivity index (χ2v) is 7.35. The van der Waals surface area contributed by atoms with Gasteiger partial charge in [0.15, 0.2) is 0 Å². The van der Waals surface area contributed by atoms with Crippen LogP contribution in [0.3, 0.4) is 0 Å². The molecule has 1 N–H and O–H groups in total. The summed E-state index contributed by atoms with van der Waals surface area (Å²) in [4.78, 5) is 14.4. The van der Waals surface area contributed by atoms with Crippen molar-refractivity contribution in [3.63, 3.8) is 0 Å². The number of rotatable bonds is 4. The average molecular weight is 397 g/mol. The van der Waals surface area contributed by atoms with Crippen LogP contribution >= 0.6 is 0 Å². The van der Waals surface area contributed by atoms with Crippen molar-refractivity contribution in [1.29, 1.82) is 0 Å². The first-order chi connectivity index (χ1) is 13.9. The lowest BCUT2D eigenvalue weighted by molar-refractivity contribution is 0.0766. The standard InChI is InChI=1S/C22H21F2N3O2/c1-13-3-4-15(7-14(13)2)20-11-21(26-25-20)22(28)27-6-5-18(12-27)29-19-9-16(23)8-17(24)10-19/h3-4,7-11,18H,5-6,12H2,1-2H3,(H,25,26). The Balaban J connectivity index is 1.43. The number of nitrogens with one attached hydrogen (secondary N) is 1. The van der Waals surface area contributed by atoms with Crippen LogP contribution in [0.2, 0.25) is 0 Å². The van der Waals surface area contributed by atoms with Gasteiger partial charge in [0.25, 0.3) is 5.91 Å². The summed E-state index contributed by atoms with van der Waals surface area (Å²) in [6.45, 7) is 4.92. The van der Waals surface area contributed by atoms with E-state index in [9.17, 15) is 13.6 Å². The van der Waals surface area contributed by atoms with E-state index >= 15 is 0 Å². The lowest BCUT2D eigenvalue weighted by Gasteiger charge is -2.16. The molecule has 29 heavy (non-hydrogen) atoms. The van der Waals surface area contributed by atoms with Crippen LogP contribution in [0, 0.1) is 25.5 Å². The molecule has 5 nitrogen and oxygen atoms in total. The van der Waals surface area contributed by atoms with E-state index in [2.05, 4.69) is 10.2 Å². The molecule has 1 aliphatic rings. The minimum absolute atomic E-state index is 0.125. The predicted molar refractivity (Wildman–Crippen MR) is 105 cm³/mol. The quantitative estimate of drug-likeness (QED) is 0.716. The van der Waals surface area contributed by atoms with Crippen molar-refractivity contribution in [3.8, 4) is 17.0 Å². The van der Waals surface area contributed by atoms with Crippen LogP contribution in [0.4, 0.5) is 8.78 Å². The molecule has 2 aromatic carbocycles. The lowest BCUT2D eigenvalue weighted by atomic mass is 10.0. The van der Waals surface area contributed by atoms with Gasteiger partial charge in [0.2, 0.25) is 0 Å². The fourth-order valence-corrected chi connectivity index (χ4v) is 3.45. The molecule has 0 saturated carbocycles. The molecule has 0 bridgehead atoms. The van der Waals surface area contributed by atoms with Crippen molar-refractivity contribution < 1.29 is 18.3 Å². The van der Waals surface area contributed by atoms with Crippen molar-refractivity contribution in [2.24, 2.45) is 0 Å². The van der Waals surface area contributed by atoms with Crippen molar-refractivity contribution in [3.05, 3.63) is 70.9 Å². The first kappa shape index (κ1) is 19.1. The van der Waals surface area contributed by atoms with Crippen LogP contribution < -0.4 is 4.74 Å². The van der Waals surface area contributed by atoms with E-state index in [0.717, 1.165) is 29.3 Å². The number of hydrogen-bond donors (Lipinski definition) is 1. The molecule has 0 spiro atoms. The summed E-state index contributed by atoms with van der Waals surface area (Å²) in [7, 11) is 0. The number of nitrogens with zero attached hydrogens (tertiary/aromatic N) is 2. The summed E-state index contributed by atoms with van der Waals surface area (Å²) in [6.07, 6.45) is 0.268. The van der Waals surface area contributed by atoms with E-state index in [1.807, 2.05) is 32.0 Å². The molecule has 150 valence electrons. The topological polar surface area (TPSA) is 58.2 Å². The van der Waals surface area contributed by atoms with E-state index in [4.69, 9.17) is 4.74 Å². The molecule has 7 heteroatoms. The summed E-state index contributed by atoms with van der Waals surface area (Å²) in [5, 5.41) is 7.08. The number of carbonyl (C=O) groups excluding carboxylic acids is 1. The molecule has 1 atom stereocenters. The largest absolute Gasteiger partial charge is 0.488 e. The molecule has 1 amide bonds. The number of benzene rings is 2. The number of carbonyl (C=O) groups is 1. The van der Waals surface area contributed by atoms with Crippen LogP contribution in [0.25, 0.3) is 11.3 Å². The summed E-state index contributed by atoms with van der Waals surface area (Å²) in [5.41, 5.74) is 4.40. The number of likely N-dealkylation sites (tertiary alicyclic amines) is 1. The minimum atomic E-state index is -0.692. The third-order valence-corrected chi connectivity index (χ3v) is 5.18. The van der Waals surface area contributed by atoms with E-state index < -0.39 is 11.6 Å². The first-order valence-electron chi connectivity index (χ1n) is 9.44. The second-order valence-electron chi connectivity index (χ2n) is 7.35. The Morgan fingerprint density at radius 1 is 1.10 bits per heavy atom. The molecule has 0 aliphatic carbocycles. The number of H-pyrrole nitrogens is 1. The molecule has 3 aromatic rings. The third kappa shape index (κ3) is 4.13. The maximum atomic E-state index is 13.3. The van der Waals surface area contributed by atoms with Gasteiger partial charge in [-0.3, -0.25) is 9.89 Å². The number of aromatic amines is 1. The highest BCUT2D eigenvalue weighted by molar-refractivity contribution is 5.93. The molecular weight excluding hydrogens is 376 g/mol. The van der Waals surface area contributed by atoms with Gasteiger partial charge in [-0.05, 0) is 37.1 Å². The summed E-state index contributed by atoms with van der Waals surface area (Å²) >= 11 is 0. The average Bonchev–Trinajstić information content (AvgIpc) is 3.32. The molecule has 1 saturated heterocycles. The van der Waals surface area contributed by atoms with Gasteiger partial charge in [0.05, 0.1) is 12.2 Å². The Morgan fingerprint density at radius 3 is 2.59 bits per heavy atom. The van der Waals surface area contributed by atoms with Gasteiger partial charge in [-0.25, -0.2) is 8.78 Å². The Kier molecular flexibility index (Phi) is 5.05. The van der Waals surface area contributed by atoms with Gasteiger partial charge in [-0.15, -0.1) is 0 Å². The number of aryl methyl sites for hydroxylation is 2. The van der Waals surface area contributed by atoms with Gasteiger partial charge in [0.1, 0.15) is 29.2 Å². The first-order valence-corrected chi connectivity index (χ1v) is 9.44. The number of halogens is 2. The SMILES string of the molecule is Cc1ccc(-c2cc(C(=O)N3CCC(Oc4cc(F)cc(F)c4)C3)[nH]n2)cc1C. The van der Waals surface area contributed by atoms with E-state index in [0.29, 0.717) is 30.9 Å². The van der Waals surface area contributed by atoms with Crippen molar-refractivity contribution >= 4 is 5.91 Å². The van der Waals surface area contributed by atoms with Gasteiger partial charge in [-0.2, -0.15) is 5.10 Å². The molecular formula is C22H21F2N3O2. The zero-order valence-electron chi connectivity index (χ0n) is 16.2. The molecule has 0 radical (unpaired) electrons. The smallest absolute Gasteiger partial charge is 0.272 e.